The summed E-state index contributed by atoms with van der Waals surface area (Å²) in [5.74, 6) is -1.61. The third-order valence-electron chi connectivity index (χ3n) is 7.39. The van der Waals surface area contributed by atoms with Crippen LogP contribution in [0.4, 0.5) is 14.9 Å². The van der Waals surface area contributed by atoms with E-state index in [1.807, 2.05) is 0 Å². The summed E-state index contributed by atoms with van der Waals surface area (Å²) in [5, 5.41) is 10.5. The average molecular weight is 583 g/mol. The van der Waals surface area contributed by atoms with Crippen molar-refractivity contribution < 1.29 is 23.6 Å². The van der Waals surface area contributed by atoms with E-state index in [4.69, 9.17) is 11.6 Å². The summed E-state index contributed by atoms with van der Waals surface area (Å²) < 4.78 is 15.6. The van der Waals surface area contributed by atoms with E-state index in [2.05, 4.69) is 15.7 Å². The van der Waals surface area contributed by atoms with Crippen LogP contribution in [-0.4, -0.2) is 68.9 Å². The minimum Gasteiger partial charge on any atom is -0.350 e. The number of urea groups is 1. The summed E-state index contributed by atoms with van der Waals surface area (Å²) in [5.41, 5.74) is 1.55. The summed E-state index contributed by atoms with van der Waals surface area (Å²) in [6.45, 7) is 2.41. The van der Waals surface area contributed by atoms with Crippen molar-refractivity contribution in [1.29, 1.82) is 0 Å². The van der Waals surface area contributed by atoms with E-state index < -0.39 is 11.7 Å². The Balaban J connectivity index is 1.28. The van der Waals surface area contributed by atoms with Crippen LogP contribution >= 0.6 is 11.6 Å². The van der Waals surface area contributed by atoms with Gasteiger partial charge in [-0.05, 0) is 56.4 Å². The Bertz CT molecular complexity index is 1500. The van der Waals surface area contributed by atoms with Crippen molar-refractivity contribution in [3.63, 3.8) is 0 Å². The first-order valence-corrected chi connectivity index (χ1v) is 14.2. The quantitative estimate of drug-likeness (QED) is 0.364. The number of hydrogen-bond donors (Lipinski definition) is 2. The molecule has 1 saturated heterocycles. The van der Waals surface area contributed by atoms with Crippen molar-refractivity contribution in [3.05, 3.63) is 58.5 Å². The lowest BCUT2D eigenvalue weighted by Gasteiger charge is -2.26. The highest BCUT2D eigenvalue weighted by atomic mass is 35.5. The highest BCUT2D eigenvalue weighted by Gasteiger charge is 2.34. The zero-order valence-corrected chi connectivity index (χ0v) is 23.5. The molecule has 2 N–H and O–H groups in total. The Hall–Kier alpha value is -3.99. The Labute approximate surface area is 241 Å². The molecule has 1 aliphatic heterocycles. The van der Waals surface area contributed by atoms with Gasteiger partial charge in [-0.15, -0.1) is 0 Å². The molecule has 0 radical (unpaired) electrons. The standard InChI is InChI=1S/C29H32ClFN6O4/c1-18(38)28-22-14-20(33-29(41)35-12-3-2-4-13-35)8-11-24(22)37(34-28)17-26(40)36(21-9-10-21)16-25(39)32-15-19-6-5-7-23(30)27(19)31/h5-8,11,14,21H,2-4,9-10,12-13,15-17H2,1H3,(H,32,39)(H,33,41). The maximum absolute atomic E-state index is 14.2. The Morgan fingerprint density at radius 2 is 1.85 bits per heavy atom. The Kier molecular flexibility index (Phi) is 8.53. The molecular weight excluding hydrogens is 551 g/mol. The molecule has 2 aromatic carbocycles. The third-order valence-corrected chi connectivity index (χ3v) is 7.68. The van der Waals surface area contributed by atoms with Gasteiger partial charge in [-0.25, -0.2) is 9.18 Å². The van der Waals surface area contributed by atoms with Crippen LogP contribution < -0.4 is 10.6 Å². The Morgan fingerprint density at radius 3 is 2.56 bits per heavy atom. The van der Waals surface area contributed by atoms with E-state index in [1.165, 1.54) is 28.6 Å². The molecule has 1 aromatic heterocycles. The molecule has 12 heteroatoms. The van der Waals surface area contributed by atoms with Crippen LogP contribution in [0.15, 0.2) is 36.4 Å². The smallest absolute Gasteiger partial charge is 0.321 e. The molecule has 2 aliphatic rings. The maximum Gasteiger partial charge on any atom is 0.321 e. The van der Waals surface area contributed by atoms with E-state index in [0.717, 1.165) is 32.1 Å². The fourth-order valence-corrected chi connectivity index (χ4v) is 5.25. The number of fused-ring (bicyclic) bond motifs is 1. The van der Waals surface area contributed by atoms with E-state index in [1.54, 1.807) is 29.2 Å². The number of anilines is 1. The lowest BCUT2D eigenvalue weighted by atomic mass is 10.1. The van der Waals surface area contributed by atoms with Crippen LogP contribution in [0.5, 0.6) is 0 Å². The molecule has 0 unspecified atom stereocenters. The van der Waals surface area contributed by atoms with Gasteiger partial charge in [-0.2, -0.15) is 5.10 Å². The third kappa shape index (κ3) is 6.67. The molecule has 1 saturated carbocycles. The molecule has 0 atom stereocenters. The molecule has 0 bridgehead atoms. The van der Waals surface area contributed by atoms with Gasteiger partial charge in [0.2, 0.25) is 11.8 Å². The van der Waals surface area contributed by atoms with Gasteiger partial charge in [-0.3, -0.25) is 19.1 Å². The zero-order valence-electron chi connectivity index (χ0n) is 22.8. The van der Waals surface area contributed by atoms with E-state index in [9.17, 15) is 23.6 Å². The molecule has 0 spiro atoms. The van der Waals surface area contributed by atoms with Gasteiger partial charge in [0.25, 0.3) is 0 Å². The van der Waals surface area contributed by atoms with Crippen LogP contribution in [0.25, 0.3) is 10.9 Å². The van der Waals surface area contributed by atoms with E-state index >= 15 is 0 Å². The normalized spacial score (nSPS) is 15.0. The van der Waals surface area contributed by atoms with Gasteiger partial charge in [0, 0.05) is 49.2 Å². The molecule has 5 rings (SSSR count). The first-order valence-electron chi connectivity index (χ1n) is 13.8. The average Bonchev–Trinajstić information content (AvgIpc) is 3.74. The molecule has 216 valence electrons. The molecule has 41 heavy (non-hydrogen) atoms. The van der Waals surface area contributed by atoms with Gasteiger partial charge < -0.3 is 20.4 Å². The van der Waals surface area contributed by atoms with Crippen molar-refractivity contribution >= 4 is 51.8 Å². The number of benzene rings is 2. The molecular formula is C29H32ClFN6O4. The topological polar surface area (TPSA) is 117 Å². The van der Waals surface area contributed by atoms with Crippen molar-refractivity contribution in [1.82, 2.24) is 24.9 Å². The number of hydrogen-bond acceptors (Lipinski definition) is 5. The van der Waals surface area contributed by atoms with Gasteiger partial charge >= 0.3 is 6.03 Å². The Morgan fingerprint density at radius 1 is 1.10 bits per heavy atom. The van der Waals surface area contributed by atoms with Crippen LogP contribution in [0.1, 0.15) is 55.1 Å². The summed E-state index contributed by atoms with van der Waals surface area (Å²) in [4.78, 5) is 54.4. The number of likely N-dealkylation sites (tertiary alicyclic amines) is 1. The summed E-state index contributed by atoms with van der Waals surface area (Å²) in [6.07, 6.45) is 4.62. The van der Waals surface area contributed by atoms with Crippen molar-refractivity contribution in [3.8, 4) is 0 Å². The number of nitrogens with zero attached hydrogens (tertiary/aromatic N) is 4. The minimum absolute atomic E-state index is 0.0283. The van der Waals surface area contributed by atoms with Crippen LogP contribution in [0.3, 0.4) is 0 Å². The van der Waals surface area contributed by atoms with Crippen molar-refractivity contribution in [2.75, 3.05) is 25.0 Å². The monoisotopic (exact) mass is 582 g/mol. The zero-order chi connectivity index (χ0) is 29.1. The highest BCUT2D eigenvalue weighted by Crippen LogP contribution is 2.28. The van der Waals surface area contributed by atoms with E-state index in [0.29, 0.717) is 29.7 Å². The largest absolute Gasteiger partial charge is 0.350 e. The number of aromatic nitrogens is 2. The molecule has 4 amide bonds. The summed E-state index contributed by atoms with van der Waals surface area (Å²) >= 11 is 5.82. The van der Waals surface area contributed by atoms with Gasteiger partial charge in [0.15, 0.2) is 5.78 Å². The van der Waals surface area contributed by atoms with Crippen molar-refractivity contribution in [2.45, 2.75) is 58.2 Å². The lowest BCUT2D eigenvalue weighted by molar-refractivity contribution is -0.137. The first-order chi connectivity index (χ1) is 19.7. The number of amides is 4. The number of nitrogens with one attached hydrogen (secondary N) is 2. The number of halogens is 2. The summed E-state index contributed by atoms with van der Waals surface area (Å²) in [7, 11) is 0. The number of Topliss-reactive ketones (excluding diaryl/α,β-unsaturated/α-hetero) is 1. The highest BCUT2D eigenvalue weighted by molar-refractivity contribution is 6.30. The lowest BCUT2D eigenvalue weighted by Crippen LogP contribution is -2.43. The maximum atomic E-state index is 14.2. The molecule has 2 fully saturated rings. The fourth-order valence-electron chi connectivity index (χ4n) is 5.05. The predicted octanol–water partition coefficient (Wildman–Crippen LogP) is 4.36. The molecule has 10 nitrogen and oxygen atoms in total. The van der Waals surface area contributed by atoms with Gasteiger partial charge in [0.1, 0.15) is 18.1 Å². The molecule has 3 aromatic rings. The molecule has 2 heterocycles. The second-order valence-electron chi connectivity index (χ2n) is 10.5. The van der Waals surface area contributed by atoms with Gasteiger partial charge in [0.05, 0.1) is 17.1 Å². The van der Waals surface area contributed by atoms with Crippen LogP contribution in [0.2, 0.25) is 5.02 Å². The first kappa shape index (κ1) is 28.5. The second kappa shape index (κ2) is 12.3. The summed E-state index contributed by atoms with van der Waals surface area (Å²) in [6, 6.07) is 9.45. The number of rotatable bonds is 9. The fraction of sp³-hybridized carbons (Fsp3) is 0.414. The van der Waals surface area contributed by atoms with E-state index in [-0.39, 0.29) is 59.7 Å². The number of ketones is 1. The van der Waals surface area contributed by atoms with Gasteiger partial charge in [-0.1, -0.05) is 23.7 Å². The molecule has 1 aliphatic carbocycles. The predicted molar refractivity (Wildman–Crippen MR) is 152 cm³/mol. The van der Waals surface area contributed by atoms with Crippen LogP contribution in [0, 0.1) is 5.82 Å². The minimum atomic E-state index is -0.592. The SMILES string of the molecule is CC(=O)c1nn(CC(=O)N(CC(=O)NCc2cccc(Cl)c2F)C2CC2)c2ccc(NC(=O)N3CCCCC3)cc12. The number of carbonyl (C=O) groups is 4. The van der Waals surface area contributed by atoms with Crippen molar-refractivity contribution in [2.24, 2.45) is 0 Å². The second-order valence-corrected chi connectivity index (χ2v) is 10.9. The number of piperidine rings is 1. The number of carbonyl (C=O) groups excluding carboxylic acids is 4. The van der Waals surface area contributed by atoms with Crippen LogP contribution in [-0.2, 0) is 22.7 Å².